The second kappa shape index (κ2) is 5.01. The molecule has 6 heteroatoms. The van der Waals surface area contributed by atoms with Gasteiger partial charge in [0.05, 0.1) is 6.20 Å². The van der Waals surface area contributed by atoms with Crippen molar-refractivity contribution in [2.24, 2.45) is 7.05 Å². The van der Waals surface area contributed by atoms with E-state index in [1.807, 2.05) is 35.9 Å². The highest BCUT2D eigenvalue weighted by Crippen LogP contribution is 2.18. The molecule has 1 aromatic carbocycles. The minimum Gasteiger partial charge on any atom is -0.368 e. The van der Waals surface area contributed by atoms with Crippen LogP contribution in [0.5, 0.6) is 0 Å². The highest BCUT2D eigenvalue weighted by atomic mass is 15.2. The van der Waals surface area contributed by atoms with E-state index in [1.165, 1.54) is 0 Å². The number of nitrogens with one attached hydrogen (secondary N) is 1. The third-order valence-electron chi connectivity index (χ3n) is 3.02. The van der Waals surface area contributed by atoms with Crippen molar-refractivity contribution in [2.45, 2.75) is 6.42 Å². The number of rotatable bonds is 4. The van der Waals surface area contributed by atoms with Crippen molar-refractivity contribution in [3.8, 4) is 0 Å². The number of hydrogen-bond donors (Lipinski definition) is 1. The Bertz CT molecular complexity index is 685. The van der Waals surface area contributed by atoms with Crippen LogP contribution in [0.3, 0.4) is 0 Å². The van der Waals surface area contributed by atoms with Gasteiger partial charge in [0, 0.05) is 30.8 Å². The van der Waals surface area contributed by atoms with E-state index in [4.69, 9.17) is 0 Å². The molecule has 0 unspecified atom stereocenters. The summed E-state index contributed by atoms with van der Waals surface area (Å²) in [6.45, 7) is 0.745. The minimum absolute atomic E-state index is 0.745. The van der Waals surface area contributed by atoms with E-state index in [-0.39, 0.29) is 0 Å². The summed E-state index contributed by atoms with van der Waals surface area (Å²) in [5, 5.41) is 21.5. The highest BCUT2D eigenvalue weighted by molar-refractivity contribution is 5.90. The van der Waals surface area contributed by atoms with Crippen molar-refractivity contribution >= 4 is 16.6 Å². The SMILES string of the molecule is Cn1cnnc1CCNc1nncc2ccccc12. The van der Waals surface area contributed by atoms with Crippen LogP contribution in [0.1, 0.15) is 5.82 Å². The van der Waals surface area contributed by atoms with Crippen LogP contribution in [0.4, 0.5) is 5.82 Å². The Morgan fingerprint density at radius 2 is 2.05 bits per heavy atom. The molecule has 3 rings (SSSR count). The Balaban J connectivity index is 1.74. The summed E-state index contributed by atoms with van der Waals surface area (Å²) in [5.74, 6) is 1.75. The van der Waals surface area contributed by atoms with Crippen LogP contribution in [0.2, 0.25) is 0 Å². The maximum atomic E-state index is 4.14. The molecule has 19 heavy (non-hydrogen) atoms. The van der Waals surface area contributed by atoms with Gasteiger partial charge in [-0.25, -0.2) is 0 Å². The zero-order valence-electron chi connectivity index (χ0n) is 10.6. The first-order valence-electron chi connectivity index (χ1n) is 6.12. The van der Waals surface area contributed by atoms with Crippen LogP contribution in [-0.2, 0) is 13.5 Å². The van der Waals surface area contributed by atoms with E-state index < -0.39 is 0 Å². The van der Waals surface area contributed by atoms with Crippen LogP contribution < -0.4 is 5.32 Å². The van der Waals surface area contributed by atoms with Crippen molar-refractivity contribution in [1.29, 1.82) is 0 Å². The Labute approximate surface area is 110 Å². The molecule has 6 nitrogen and oxygen atoms in total. The molecular formula is C13H14N6. The van der Waals surface area contributed by atoms with E-state index in [1.54, 1.807) is 12.5 Å². The molecule has 0 fully saturated rings. The molecule has 96 valence electrons. The van der Waals surface area contributed by atoms with Crippen molar-refractivity contribution in [2.75, 3.05) is 11.9 Å². The van der Waals surface area contributed by atoms with Crippen molar-refractivity contribution in [1.82, 2.24) is 25.0 Å². The van der Waals surface area contributed by atoms with Crippen LogP contribution in [-0.4, -0.2) is 31.5 Å². The van der Waals surface area contributed by atoms with Gasteiger partial charge in [-0.15, -0.1) is 15.3 Å². The summed E-state index contributed by atoms with van der Waals surface area (Å²) in [4.78, 5) is 0. The zero-order chi connectivity index (χ0) is 13.1. The molecule has 0 radical (unpaired) electrons. The minimum atomic E-state index is 0.745. The lowest BCUT2D eigenvalue weighted by Gasteiger charge is -2.07. The lowest BCUT2D eigenvalue weighted by Crippen LogP contribution is -2.10. The Morgan fingerprint density at radius 1 is 1.16 bits per heavy atom. The summed E-state index contributed by atoms with van der Waals surface area (Å²) in [5.41, 5.74) is 0. The predicted octanol–water partition coefficient (Wildman–Crippen LogP) is 1.41. The molecule has 0 spiro atoms. The Morgan fingerprint density at radius 3 is 2.89 bits per heavy atom. The van der Waals surface area contributed by atoms with Crippen molar-refractivity contribution in [3.05, 3.63) is 42.6 Å². The molecular weight excluding hydrogens is 240 g/mol. The van der Waals surface area contributed by atoms with Gasteiger partial charge in [-0.2, -0.15) is 5.10 Å². The average Bonchev–Trinajstić information content (AvgIpc) is 2.85. The predicted molar refractivity (Wildman–Crippen MR) is 72.7 cm³/mol. The van der Waals surface area contributed by atoms with E-state index in [9.17, 15) is 0 Å². The largest absolute Gasteiger partial charge is 0.368 e. The summed E-state index contributed by atoms with van der Waals surface area (Å²) >= 11 is 0. The fourth-order valence-electron chi connectivity index (χ4n) is 1.98. The van der Waals surface area contributed by atoms with E-state index in [0.29, 0.717) is 0 Å². The summed E-state index contributed by atoms with van der Waals surface area (Å²) < 4.78 is 1.91. The van der Waals surface area contributed by atoms with Gasteiger partial charge in [-0.05, 0) is 0 Å². The first kappa shape index (κ1) is 11.6. The number of benzene rings is 1. The fraction of sp³-hybridized carbons (Fsp3) is 0.231. The summed E-state index contributed by atoms with van der Waals surface area (Å²) in [6.07, 6.45) is 4.26. The number of anilines is 1. The quantitative estimate of drug-likeness (QED) is 0.762. The molecule has 0 bridgehead atoms. The van der Waals surface area contributed by atoms with Gasteiger partial charge in [-0.1, -0.05) is 24.3 Å². The fourth-order valence-corrected chi connectivity index (χ4v) is 1.98. The normalized spacial score (nSPS) is 10.8. The van der Waals surface area contributed by atoms with Gasteiger partial charge in [0.15, 0.2) is 5.82 Å². The smallest absolute Gasteiger partial charge is 0.156 e. The lowest BCUT2D eigenvalue weighted by molar-refractivity contribution is 0.786. The van der Waals surface area contributed by atoms with E-state index >= 15 is 0 Å². The van der Waals surface area contributed by atoms with Crippen LogP contribution >= 0.6 is 0 Å². The van der Waals surface area contributed by atoms with Crippen LogP contribution in [0.25, 0.3) is 10.8 Å². The van der Waals surface area contributed by atoms with Crippen molar-refractivity contribution in [3.63, 3.8) is 0 Å². The van der Waals surface area contributed by atoms with Gasteiger partial charge in [0.2, 0.25) is 0 Å². The van der Waals surface area contributed by atoms with Gasteiger partial charge in [0.25, 0.3) is 0 Å². The molecule has 0 saturated heterocycles. The third kappa shape index (κ3) is 2.37. The maximum Gasteiger partial charge on any atom is 0.156 e. The first-order valence-corrected chi connectivity index (χ1v) is 6.12. The molecule has 0 aliphatic heterocycles. The molecule has 2 heterocycles. The topological polar surface area (TPSA) is 68.5 Å². The second-order valence-electron chi connectivity index (χ2n) is 4.32. The standard InChI is InChI=1S/C13H14N6/c1-19-9-16-17-12(19)6-7-14-13-11-5-3-2-4-10(11)8-15-18-13/h2-5,8-9H,6-7H2,1H3,(H,14,18). The number of fused-ring (bicyclic) bond motifs is 1. The lowest BCUT2D eigenvalue weighted by atomic mass is 10.2. The second-order valence-corrected chi connectivity index (χ2v) is 4.32. The summed E-state index contributed by atoms with van der Waals surface area (Å²) in [6, 6.07) is 8.05. The van der Waals surface area contributed by atoms with Gasteiger partial charge < -0.3 is 9.88 Å². The first-order chi connectivity index (χ1) is 9.34. The number of aryl methyl sites for hydroxylation is 1. The molecule has 0 saturated carbocycles. The monoisotopic (exact) mass is 254 g/mol. The average molecular weight is 254 g/mol. The third-order valence-corrected chi connectivity index (χ3v) is 3.02. The van der Waals surface area contributed by atoms with E-state index in [0.717, 1.165) is 35.4 Å². The Hall–Kier alpha value is -2.50. The molecule has 2 aromatic heterocycles. The summed E-state index contributed by atoms with van der Waals surface area (Å²) in [7, 11) is 1.94. The van der Waals surface area contributed by atoms with Gasteiger partial charge in [-0.3, -0.25) is 0 Å². The molecule has 0 aliphatic carbocycles. The Kier molecular flexibility index (Phi) is 3.06. The number of hydrogen-bond acceptors (Lipinski definition) is 5. The van der Waals surface area contributed by atoms with Crippen molar-refractivity contribution < 1.29 is 0 Å². The molecule has 0 atom stereocenters. The number of nitrogens with zero attached hydrogens (tertiary/aromatic N) is 5. The highest BCUT2D eigenvalue weighted by Gasteiger charge is 2.04. The number of aromatic nitrogens is 5. The van der Waals surface area contributed by atoms with E-state index in [2.05, 4.69) is 25.7 Å². The van der Waals surface area contributed by atoms with Crippen LogP contribution in [0.15, 0.2) is 36.8 Å². The maximum absolute atomic E-state index is 4.14. The molecule has 0 amide bonds. The van der Waals surface area contributed by atoms with Gasteiger partial charge in [0.1, 0.15) is 12.2 Å². The zero-order valence-corrected chi connectivity index (χ0v) is 10.6. The molecule has 0 aliphatic rings. The van der Waals surface area contributed by atoms with Crippen LogP contribution in [0, 0.1) is 0 Å². The molecule has 3 aromatic rings. The van der Waals surface area contributed by atoms with Gasteiger partial charge >= 0.3 is 0 Å². The molecule has 1 N–H and O–H groups in total.